The molecule has 0 radical (unpaired) electrons. The van der Waals surface area contributed by atoms with E-state index in [-0.39, 0.29) is 5.75 Å². The average molecular weight is 412 g/mol. The van der Waals surface area contributed by atoms with Gasteiger partial charge in [0.2, 0.25) is 11.1 Å². The van der Waals surface area contributed by atoms with E-state index in [0.717, 1.165) is 22.9 Å². The van der Waals surface area contributed by atoms with E-state index in [1.54, 1.807) is 25.1 Å². The molecular weight excluding hydrogens is 392 g/mol. The third kappa shape index (κ3) is 5.11. The minimum Gasteiger partial charge on any atom is -0.508 e. The fourth-order valence-corrected chi connectivity index (χ4v) is 3.35. The van der Waals surface area contributed by atoms with Crippen LogP contribution in [0.15, 0.2) is 47.6 Å². The second kappa shape index (κ2) is 8.74. The van der Waals surface area contributed by atoms with Crippen LogP contribution in [0, 0.1) is 13.8 Å². The maximum absolute atomic E-state index is 12.4. The molecule has 1 heterocycles. The van der Waals surface area contributed by atoms with Crippen LogP contribution < -0.4 is 10.6 Å². The van der Waals surface area contributed by atoms with Gasteiger partial charge in [0.25, 0.3) is 0 Å². The van der Waals surface area contributed by atoms with E-state index in [4.69, 9.17) is 0 Å². The van der Waals surface area contributed by atoms with Gasteiger partial charge in [-0.25, -0.2) is 4.79 Å². The number of hydrogen-bond donors (Lipinski definition) is 3. The van der Waals surface area contributed by atoms with Crippen LogP contribution in [-0.4, -0.2) is 42.5 Å². The monoisotopic (exact) mass is 412 g/mol. The van der Waals surface area contributed by atoms with Crippen molar-refractivity contribution in [3.8, 4) is 11.4 Å². The fraction of sp³-hybridized carbons (Fsp3) is 0.211. The Hall–Kier alpha value is -3.40. The van der Waals surface area contributed by atoms with Crippen molar-refractivity contribution in [3.63, 3.8) is 0 Å². The van der Waals surface area contributed by atoms with E-state index in [2.05, 4.69) is 26.2 Å². The highest BCUT2D eigenvalue weighted by atomic mass is 32.2. The first kappa shape index (κ1) is 20.3. The Labute approximate surface area is 171 Å². The largest absolute Gasteiger partial charge is 0.508 e. The number of urea groups is 1. The molecule has 3 aromatic rings. The molecule has 29 heavy (non-hydrogen) atoms. The van der Waals surface area contributed by atoms with Gasteiger partial charge < -0.3 is 10.4 Å². The van der Waals surface area contributed by atoms with Crippen molar-refractivity contribution in [2.75, 3.05) is 5.32 Å². The van der Waals surface area contributed by atoms with Gasteiger partial charge in [-0.2, -0.15) is 4.68 Å². The molecule has 3 amide bonds. The second-order valence-electron chi connectivity index (χ2n) is 6.41. The summed E-state index contributed by atoms with van der Waals surface area (Å²) in [6, 6.07) is 11.3. The summed E-state index contributed by atoms with van der Waals surface area (Å²) < 4.78 is 1.45. The van der Waals surface area contributed by atoms with Crippen LogP contribution in [0.25, 0.3) is 5.69 Å². The van der Waals surface area contributed by atoms with E-state index in [1.807, 2.05) is 26.0 Å². The Bertz CT molecular complexity index is 1030. The molecule has 1 aromatic heterocycles. The number of aryl methyl sites for hydroxylation is 2. The summed E-state index contributed by atoms with van der Waals surface area (Å²) in [4.78, 5) is 24.6. The number of phenols is 1. The third-order valence-electron chi connectivity index (χ3n) is 4.05. The molecule has 0 aliphatic heterocycles. The van der Waals surface area contributed by atoms with E-state index in [9.17, 15) is 14.7 Å². The number of benzene rings is 2. The van der Waals surface area contributed by atoms with Crippen LogP contribution in [0.3, 0.4) is 0 Å². The minimum atomic E-state index is -0.623. The van der Waals surface area contributed by atoms with E-state index in [1.165, 1.54) is 16.8 Å². The van der Waals surface area contributed by atoms with Gasteiger partial charge >= 0.3 is 6.03 Å². The zero-order valence-electron chi connectivity index (χ0n) is 16.1. The van der Waals surface area contributed by atoms with Crippen molar-refractivity contribution < 1.29 is 14.7 Å². The number of tetrazole rings is 1. The van der Waals surface area contributed by atoms with Crippen molar-refractivity contribution in [1.29, 1.82) is 0 Å². The lowest BCUT2D eigenvalue weighted by Gasteiger charge is -2.13. The molecule has 0 saturated carbocycles. The van der Waals surface area contributed by atoms with Crippen LogP contribution in [0.4, 0.5) is 10.5 Å². The van der Waals surface area contributed by atoms with Crippen molar-refractivity contribution in [2.45, 2.75) is 31.2 Å². The number of amides is 3. The minimum absolute atomic E-state index is 0.124. The number of nitrogens with zero attached hydrogens (tertiary/aromatic N) is 4. The molecule has 0 bridgehead atoms. The second-order valence-corrected chi connectivity index (χ2v) is 7.72. The summed E-state index contributed by atoms with van der Waals surface area (Å²) in [5.41, 5.74) is 3.26. The molecule has 9 nitrogen and oxygen atoms in total. The lowest BCUT2D eigenvalue weighted by atomic mass is 10.1. The molecule has 2 aromatic carbocycles. The number of carbonyl (C=O) groups excluding carboxylic acids is 2. The summed E-state index contributed by atoms with van der Waals surface area (Å²) in [6.45, 7) is 5.50. The normalized spacial score (nSPS) is 11.7. The lowest BCUT2D eigenvalue weighted by Crippen LogP contribution is -2.39. The number of aromatic hydroxyl groups is 1. The maximum atomic E-state index is 12.4. The maximum Gasteiger partial charge on any atom is 0.325 e. The molecule has 0 saturated heterocycles. The Morgan fingerprint density at radius 1 is 1.14 bits per heavy atom. The van der Waals surface area contributed by atoms with Crippen LogP contribution in [0.5, 0.6) is 5.75 Å². The summed E-state index contributed by atoms with van der Waals surface area (Å²) in [7, 11) is 0. The Balaban J connectivity index is 1.62. The molecule has 150 valence electrons. The van der Waals surface area contributed by atoms with Crippen LogP contribution in [0.2, 0.25) is 0 Å². The molecule has 1 atom stereocenters. The fourth-order valence-electron chi connectivity index (χ4n) is 2.54. The predicted molar refractivity (Wildman–Crippen MR) is 109 cm³/mol. The van der Waals surface area contributed by atoms with E-state index >= 15 is 0 Å². The first-order valence-corrected chi connectivity index (χ1v) is 9.65. The van der Waals surface area contributed by atoms with E-state index in [0.29, 0.717) is 16.5 Å². The Morgan fingerprint density at radius 2 is 1.86 bits per heavy atom. The topological polar surface area (TPSA) is 122 Å². The number of imide groups is 1. The molecule has 0 aliphatic carbocycles. The standard InChI is InChI=1S/C19H20N6O3S/c1-11-4-9-16(12(2)10-11)20-18(28)21-17(27)13(3)29-19-22-23-24-25(19)14-5-7-15(26)8-6-14/h4-10,13,26H,1-3H3,(H2,20,21,27,28). The van der Waals surface area contributed by atoms with Crippen molar-refractivity contribution in [3.05, 3.63) is 53.6 Å². The molecule has 0 spiro atoms. The van der Waals surface area contributed by atoms with E-state index < -0.39 is 17.2 Å². The molecule has 0 aliphatic rings. The number of nitrogens with one attached hydrogen (secondary N) is 2. The molecule has 1 unspecified atom stereocenters. The summed E-state index contributed by atoms with van der Waals surface area (Å²) >= 11 is 1.11. The molecule has 10 heteroatoms. The first-order valence-electron chi connectivity index (χ1n) is 8.77. The van der Waals surface area contributed by atoms with Gasteiger partial charge in [0, 0.05) is 5.69 Å². The zero-order valence-corrected chi connectivity index (χ0v) is 16.9. The number of phenolic OH excluding ortho intramolecular Hbond substituents is 1. The van der Waals surface area contributed by atoms with Gasteiger partial charge in [0.1, 0.15) is 5.75 Å². The number of thioether (sulfide) groups is 1. The van der Waals surface area contributed by atoms with Crippen LogP contribution in [0.1, 0.15) is 18.1 Å². The number of anilines is 1. The van der Waals surface area contributed by atoms with Gasteiger partial charge in [0.05, 0.1) is 10.9 Å². The summed E-state index contributed by atoms with van der Waals surface area (Å²) in [6.07, 6.45) is 0. The van der Waals surface area contributed by atoms with Gasteiger partial charge in [-0.05, 0) is 67.1 Å². The highest BCUT2D eigenvalue weighted by molar-refractivity contribution is 8.00. The molecule has 3 rings (SSSR count). The SMILES string of the molecule is Cc1ccc(NC(=O)NC(=O)C(C)Sc2nnnn2-c2ccc(O)cc2)c(C)c1. The smallest absolute Gasteiger partial charge is 0.325 e. The predicted octanol–water partition coefficient (Wildman–Crippen LogP) is 2.81. The van der Waals surface area contributed by atoms with Crippen molar-refractivity contribution in [2.24, 2.45) is 0 Å². The van der Waals surface area contributed by atoms with Crippen LogP contribution >= 0.6 is 11.8 Å². The van der Waals surface area contributed by atoms with Gasteiger partial charge in [-0.1, -0.05) is 29.5 Å². The number of rotatable bonds is 5. The average Bonchev–Trinajstić information content (AvgIpc) is 3.12. The van der Waals surface area contributed by atoms with Crippen molar-refractivity contribution in [1.82, 2.24) is 25.5 Å². The van der Waals surface area contributed by atoms with Crippen LogP contribution in [-0.2, 0) is 4.79 Å². The van der Waals surface area contributed by atoms with Gasteiger partial charge in [-0.3, -0.25) is 10.1 Å². The Morgan fingerprint density at radius 3 is 2.55 bits per heavy atom. The molecule has 0 fully saturated rings. The summed E-state index contributed by atoms with van der Waals surface area (Å²) in [5.74, 6) is -0.351. The highest BCUT2D eigenvalue weighted by Crippen LogP contribution is 2.24. The number of hydrogen-bond acceptors (Lipinski definition) is 7. The number of carbonyl (C=O) groups is 2. The molecule has 3 N–H and O–H groups in total. The van der Waals surface area contributed by atoms with Gasteiger partial charge in [0.15, 0.2) is 0 Å². The highest BCUT2D eigenvalue weighted by Gasteiger charge is 2.21. The summed E-state index contributed by atoms with van der Waals surface area (Å²) in [5, 5.41) is 25.6. The molecular formula is C19H20N6O3S. The quantitative estimate of drug-likeness (QED) is 0.551. The zero-order chi connectivity index (χ0) is 21.0. The van der Waals surface area contributed by atoms with Crippen molar-refractivity contribution >= 4 is 29.4 Å². The lowest BCUT2D eigenvalue weighted by molar-refractivity contribution is -0.119. The van der Waals surface area contributed by atoms with Gasteiger partial charge in [-0.15, -0.1) is 5.10 Å². The Kier molecular flexibility index (Phi) is 6.13. The number of aromatic nitrogens is 4. The third-order valence-corrected chi connectivity index (χ3v) is 5.09. The first-order chi connectivity index (χ1) is 13.8.